The van der Waals surface area contributed by atoms with E-state index in [2.05, 4.69) is 15.5 Å². The quantitative estimate of drug-likeness (QED) is 0.430. The maximum Gasteiger partial charge on any atom is 0.230 e. The van der Waals surface area contributed by atoms with E-state index in [1.165, 1.54) is 11.8 Å². The highest BCUT2D eigenvalue weighted by molar-refractivity contribution is 7.99. The normalized spacial score (nSPS) is 10.7. The molecule has 152 valence electrons. The number of nitrogens with zero attached hydrogens (tertiary/aromatic N) is 3. The molecule has 0 atom stereocenters. The van der Waals surface area contributed by atoms with Crippen LogP contribution in [0.15, 0.2) is 53.7 Å². The second-order valence-electron chi connectivity index (χ2n) is 6.31. The Morgan fingerprint density at radius 3 is 2.59 bits per heavy atom. The van der Waals surface area contributed by atoms with Gasteiger partial charge in [-0.3, -0.25) is 9.36 Å². The van der Waals surface area contributed by atoms with Crippen molar-refractivity contribution < 1.29 is 14.3 Å². The Bertz CT molecular complexity index is 957. The Morgan fingerprint density at radius 2 is 1.86 bits per heavy atom. The number of thioether (sulfide) groups is 1. The van der Waals surface area contributed by atoms with Crippen LogP contribution in [0.2, 0.25) is 0 Å². The van der Waals surface area contributed by atoms with Gasteiger partial charge in [0.1, 0.15) is 5.75 Å². The number of methoxy groups -OCH3 is 2. The smallest absolute Gasteiger partial charge is 0.230 e. The van der Waals surface area contributed by atoms with E-state index in [1.807, 2.05) is 60.0 Å². The van der Waals surface area contributed by atoms with Crippen molar-refractivity contribution in [3.8, 4) is 22.8 Å². The van der Waals surface area contributed by atoms with Crippen molar-refractivity contribution in [2.24, 2.45) is 0 Å². The summed E-state index contributed by atoms with van der Waals surface area (Å²) < 4.78 is 12.4. The summed E-state index contributed by atoms with van der Waals surface area (Å²) in [6, 6.07) is 15.8. The lowest BCUT2D eigenvalue weighted by atomic mass is 10.1. The second kappa shape index (κ2) is 10.1. The number of carbonyl (C=O) groups is 1. The zero-order valence-electron chi connectivity index (χ0n) is 16.7. The van der Waals surface area contributed by atoms with Gasteiger partial charge in [-0.15, -0.1) is 10.2 Å². The van der Waals surface area contributed by atoms with E-state index in [0.29, 0.717) is 29.9 Å². The van der Waals surface area contributed by atoms with Crippen LogP contribution in [0.25, 0.3) is 17.1 Å². The van der Waals surface area contributed by atoms with Crippen molar-refractivity contribution in [2.45, 2.75) is 12.1 Å². The van der Waals surface area contributed by atoms with Crippen molar-refractivity contribution in [3.63, 3.8) is 0 Å². The van der Waals surface area contributed by atoms with Gasteiger partial charge in [0.25, 0.3) is 0 Å². The molecule has 3 aromatic rings. The molecule has 7 nitrogen and oxygen atoms in total. The molecule has 0 aliphatic carbocycles. The molecule has 29 heavy (non-hydrogen) atoms. The molecule has 0 saturated heterocycles. The molecule has 1 amide bonds. The van der Waals surface area contributed by atoms with Crippen LogP contribution in [0.4, 0.5) is 0 Å². The van der Waals surface area contributed by atoms with Crippen molar-refractivity contribution in [1.82, 2.24) is 20.1 Å². The maximum absolute atomic E-state index is 12.1. The first-order valence-corrected chi connectivity index (χ1v) is 10.2. The van der Waals surface area contributed by atoms with Crippen molar-refractivity contribution in [2.75, 3.05) is 33.1 Å². The van der Waals surface area contributed by atoms with E-state index in [9.17, 15) is 4.79 Å². The van der Waals surface area contributed by atoms with E-state index in [4.69, 9.17) is 9.47 Å². The average molecular weight is 413 g/mol. The Labute approximate surface area is 174 Å². The van der Waals surface area contributed by atoms with Gasteiger partial charge in [0.05, 0.1) is 25.0 Å². The van der Waals surface area contributed by atoms with Crippen molar-refractivity contribution >= 4 is 17.7 Å². The second-order valence-corrected chi connectivity index (χ2v) is 7.25. The molecule has 0 aliphatic rings. The van der Waals surface area contributed by atoms with E-state index < -0.39 is 0 Å². The summed E-state index contributed by atoms with van der Waals surface area (Å²) in [5, 5.41) is 12.2. The molecule has 0 fully saturated rings. The van der Waals surface area contributed by atoms with Gasteiger partial charge in [-0.2, -0.15) is 0 Å². The first kappa shape index (κ1) is 20.9. The molecule has 0 aliphatic heterocycles. The number of hydrogen-bond donors (Lipinski definition) is 1. The highest BCUT2D eigenvalue weighted by Gasteiger charge is 2.19. The van der Waals surface area contributed by atoms with Crippen LogP contribution >= 0.6 is 11.8 Å². The Morgan fingerprint density at radius 1 is 1.10 bits per heavy atom. The summed E-state index contributed by atoms with van der Waals surface area (Å²) in [7, 11) is 3.23. The summed E-state index contributed by atoms with van der Waals surface area (Å²) in [6.07, 6.45) is 0. The van der Waals surface area contributed by atoms with Gasteiger partial charge in [-0.25, -0.2) is 0 Å². The predicted molar refractivity (Wildman–Crippen MR) is 114 cm³/mol. The molecule has 0 unspecified atom stereocenters. The molecule has 1 N–H and O–H groups in total. The SMILES string of the molecule is COCCNC(=O)CSc1nnc(-c2ccccc2OC)n1-c1ccc(C)cc1. The number of aromatic nitrogens is 3. The number of nitrogens with one attached hydrogen (secondary N) is 1. The Balaban J connectivity index is 1.94. The molecule has 8 heteroatoms. The standard InChI is InChI=1S/C21H24N4O3S/c1-15-8-10-16(11-9-15)25-20(17-6-4-5-7-18(17)28-3)23-24-21(25)29-14-19(26)22-12-13-27-2/h4-11H,12-14H2,1-3H3,(H,22,26). The number of para-hydroxylation sites is 1. The van der Waals surface area contributed by atoms with Crippen LogP contribution < -0.4 is 10.1 Å². The Kier molecular flexibility index (Phi) is 7.26. The number of aryl methyl sites for hydroxylation is 1. The molecule has 3 rings (SSSR count). The highest BCUT2D eigenvalue weighted by Crippen LogP contribution is 2.33. The van der Waals surface area contributed by atoms with Crippen LogP contribution in [0.3, 0.4) is 0 Å². The fraction of sp³-hybridized carbons (Fsp3) is 0.286. The zero-order chi connectivity index (χ0) is 20.6. The first-order chi connectivity index (χ1) is 14.1. The van der Waals surface area contributed by atoms with Crippen LogP contribution in [0.1, 0.15) is 5.56 Å². The van der Waals surface area contributed by atoms with Gasteiger partial charge in [-0.1, -0.05) is 41.6 Å². The van der Waals surface area contributed by atoms with Crippen molar-refractivity contribution in [1.29, 1.82) is 0 Å². The predicted octanol–water partition coefficient (Wildman–Crippen LogP) is 3.11. The van der Waals surface area contributed by atoms with Crippen LogP contribution in [-0.4, -0.2) is 53.8 Å². The van der Waals surface area contributed by atoms with Crippen LogP contribution in [-0.2, 0) is 9.53 Å². The van der Waals surface area contributed by atoms with E-state index in [1.54, 1.807) is 14.2 Å². The largest absolute Gasteiger partial charge is 0.496 e. The molecule has 0 bridgehead atoms. The molecule has 1 aromatic heterocycles. The summed E-state index contributed by atoms with van der Waals surface area (Å²) in [5.41, 5.74) is 2.91. The van der Waals surface area contributed by atoms with Gasteiger partial charge in [-0.05, 0) is 31.2 Å². The molecule has 0 saturated carbocycles. The van der Waals surface area contributed by atoms with E-state index in [-0.39, 0.29) is 11.7 Å². The minimum atomic E-state index is -0.0793. The van der Waals surface area contributed by atoms with Crippen LogP contribution in [0, 0.1) is 6.92 Å². The average Bonchev–Trinajstić information content (AvgIpc) is 3.16. The number of benzene rings is 2. The number of ether oxygens (including phenoxy) is 2. The van der Waals surface area contributed by atoms with Gasteiger partial charge in [0.15, 0.2) is 11.0 Å². The first-order valence-electron chi connectivity index (χ1n) is 9.18. The van der Waals surface area contributed by atoms with Crippen LogP contribution in [0.5, 0.6) is 5.75 Å². The fourth-order valence-corrected chi connectivity index (χ4v) is 3.55. The highest BCUT2D eigenvalue weighted by atomic mass is 32.2. The molecule has 0 radical (unpaired) electrons. The van der Waals surface area contributed by atoms with E-state index in [0.717, 1.165) is 16.8 Å². The topological polar surface area (TPSA) is 78.3 Å². The minimum Gasteiger partial charge on any atom is -0.496 e. The molecular weight excluding hydrogens is 388 g/mol. The summed E-state index contributed by atoms with van der Waals surface area (Å²) >= 11 is 1.34. The molecule has 1 heterocycles. The van der Waals surface area contributed by atoms with E-state index >= 15 is 0 Å². The summed E-state index contributed by atoms with van der Waals surface area (Å²) in [4.78, 5) is 12.1. The summed E-state index contributed by atoms with van der Waals surface area (Å²) in [6.45, 7) is 3.00. The Hall–Kier alpha value is -2.84. The number of rotatable bonds is 9. The third-order valence-electron chi connectivity index (χ3n) is 4.23. The number of amides is 1. The fourth-order valence-electron chi connectivity index (χ4n) is 2.77. The van der Waals surface area contributed by atoms with Gasteiger partial charge in [0, 0.05) is 19.3 Å². The third kappa shape index (κ3) is 5.16. The summed E-state index contributed by atoms with van der Waals surface area (Å²) in [5.74, 6) is 1.53. The van der Waals surface area contributed by atoms with Crippen molar-refractivity contribution in [3.05, 3.63) is 54.1 Å². The number of carbonyl (C=O) groups excluding carboxylic acids is 1. The van der Waals surface area contributed by atoms with Gasteiger partial charge >= 0.3 is 0 Å². The zero-order valence-corrected chi connectivity index (χ0v) is 17.5. The molecular formula is C21H24N4O3S. The lowest BCUT2D eigenvalue weighted by Gasteiger charge is -2.12. The maximum atomic E-state index is 12.1. The van der Waals surface area contributed by atoms with Gasteiger partial charge < -0.3 is 14.8 Å². The minimum absolute atomic E-state index is 0.0793. The monoisotopic (exact) mass is 412 g/mol. The molecule has 0 spiro atoms. The lowest BCUT2D eigenvalue weighted by molar-refractivity contribution is -0.118. The third-order valence-corrected chi connectivity index (χ3v) is 5.16. The molecule has 2 aromatic carbocycles. The number of hydrogen-bond acceptors (Lipinski definition) is 6. The van der Waals surface area contributed by atoms with Gasteiger partial charge in [0.2, 0.25) is 5.91 Å². The lowest BCUT2D eigenvalue weighted by Crippen LogP contribution is -2.28.